The van der Waals surface area contributed by atoms with Crippen molar-refractivity contribution in [3.05, 3.63) is 89.2 Å². The molecule has 0 bridgehead atoms. The number of nitrogens with zero attached hydrogens (tertiary/aromatic N) is 1. The molecule has 3 aromatic rings. The number of methoxy groups -OCH3 is 1. The van der Waals surface area contributed by atoms with Gasteiger partial charge in [0, 0.05) is 24.6 Å². The summed E-state index contributed by atoms with van der Waals surface area (Å²) < 4.78 is 5.32. The fourth-order valence-corrected chi connectivity index (χ4v) is 2.92. The number of carbonyl (C=O) groups is 2. The molecule has 6 heteroatoms. The van der Waals surface area contributed by atoms with Crippen LogP contribution in [-0.4, -0.2) is 30.5 Å². The van der Waals surface area contributed by atoms with Crippen molar-refractivity contribution in [1.82, 2.24) is 10.3 Å². The number of para-hydroxylation sites is 2. The Balaban J connectivity index is 1.62. The van der Waals surface area contributed by atoms with Crippen molar-refractivity contribution in [1.29, 1.82) is 0 Å². The quantitative estimate of drug-likeness (QED) is 0.647. The number of hydrogen-bond donors (Lipinski definition) is 2. The monoisotopic (exact) mass is 389 g/mol. The summed E-state index contributed by atoms with van der Waals surface area (Å²) >= 11 is 0. The molecule has 0 atom stereocenters. The largest absolute Gasteiger partial charge is 0.496 e. The van der Waals surface area contributed by atoms with Gasteiger partial charge in [0.1, 0.15) is 5.75 Å². The number of nitrogens with one attached hydrogen (secondary N) is 2. The molecule has 0 spiro atoms. The highest BCUT2D eigenvalue weighted by atomic mass is 16.5. The number of hydrogen-bond acceptors (Lipinski definition) is 4. The van der Waals surface area contributed by atoms with Gasteiger partial charge in [-0.3, -0.25) is 14.6 Å². The van der Waals surface area contributed by atoms with Crippen LogP contribution in [0.5, 0.6) is 5.75 Å². The third-order valence-electron chi connectivity index (χ3n) is 4.53. The van der Waals surface area contributed by atoms with Crippen LogP contribution in [0.4, 0.5) is 5.69 Å². The van der Waals surface area contributed by atoms with E-state index >= 15 is 0 Å². The molecule has 0 unspecified atom stereocenters. The topological polar surface area (TPSA) is 80.3 Å². The Kier molecular flexibility index (Phi) is 6.58. The summed E-state index contributed by atoms with van der Waals surface area (Å²) in [5.74, 6) is 0.201. The van der Waals surface area contributed by atoms with Gasteiger partial charge in [-0.15, -0.1) is 0 Å². The van der Waals surface area contributed by atoms with E-state index in [1.165, 1.54) is 12.4 Å². The van der Waals surface area contributed by atoms with Crippen molar-refractivity contribution in [3.63, 3.8) is 0 Å². The van der Waals surface area contributed by atoms with E-state index in [1.807, 2.05) is 55.5 Å². The summed E-state index contributed by atoms with van der Waals surface area (Å²) in [7, 11) is 1.62. The van der Waals surface area contributed by atoms with Gasteiger partial charge in [-0.1, -0.05) is 36.4 Å². The molecule has 6 nitrogen and oxygen atoms in total. The number of pyridine rings is 1. The Morgan fingerprint density at radius 1 is 0.966 bits per heavy atom. The lowest BCUT2D eigenvalue weighted by Crippen LogP contribution is -2.26. The Hall–Kier alpha value is -3.67. The highest BCUT2D eigenvalue weighted by Crippen LogP contribution is 2.17. The molecule has 0 fully saturated rings. The van der Waals surface area contributed by atoms with Crippen LogP contribution < -0.4 is 15.4 Å². The van der Waals surface area contributed by atoms with Crippen LogP contribution in [0.3, 0.4) is 0 Å². The highest BCUT2D eigenvalue weighted by molar-refractivity contribution is 6.06. The summed E-state index contributed by atoms with van der Waals surface area (Å²) in [5, 5.41) is 5.70. The molecular weight excluding hydrogens is 366 g/mol. The van der Waals surface area contributed by atoms with E-state index in [0.717, 1.165) is 22.6 Å². The van der Waals surface area contributed by atoms with Crippen LogP contribution in [0.1, 0.15) is 31.8 Å². The van der Waals surface area contributed by atoms with Gasteiger partial charge in [-0.2, -0.15) is 0 Å². The number of benzene rings is 2. The average Bonchev–Trinajstić information content (AvgIpc) is 2.75. The zero-order valence-corrected chi connectivity index (χ0v) is 16.4. The van der Waals surface area contributed by atoms with Gasteiger partial charge in [-0.25, -0.2) is 0 Å². The molecule has 3 rings (SSSR count). The molecule has 2 N–H and O–H groups in total. The number of carbonyl (C=O) groups excluding carboxylic acids is 2. The van der Waals surface area contributed by atoms with Crippen LogP contribution >= 0.6 is 0 Å². The lowest BCUT2D eigenvalue weighted by molar-refractivity contribution is 0.0953. The van der Waals surface area contributed by atoms with Crippen molar-refractivity contribution in [2.45, 2.75) is 13.3 Å². The summed E-state index contributed by atoms with van der Waals surface area (Å²) in [6.07, 6.45) is 3.53. The molecule has 0 aliphatic rings. The van der Waals surface area contributed by atoms with Crippen molar-refractivity contribution in [2.24, 2.45) is 0 Å². The minimum Gasteiger partial charge on any atom is -0.496 e. The first-order valence-electron chi connectivity index (χ1n) is 9.30. The molecule has 1 heterocycles. The SMILES string of the molecule is COc1ccccc1CCNC(=O)c1cncc(C(=O)Nc2ccccc2C)c1. The molecule has 148 valence electrons. The maximum absolute atomic E-state index is 12.5. The van der Waals surface area contributed by atoms with E-state index < -0.39 is 0 Å². The average molecular weight is 389 g/mol. The van der Waals surface area contributed by atoms with E-state index in [0.29, 0.717) is 24.1 Å². The Bertz CT molecular complexity index is 1020. The zero-order valence-electron chi connectivity index (χ0n) is 16.4. The molecule has 0 aliphatic carbocycles. The highest BCUT2D eigenvalue weighted by Gasteiger charge is 2.12. The van der Waals surface area contributed by atoms with E-state index in [1.54, 1.807) is 13.2 Å². The first kappa shape index (κ1) is 20.1. The second-order valence-electron chi connectivity index (χ2n) is 6.55. The third-order valence-corrected chi connectivity index (χ3v) is 4.53. The second kappa shape index (κ2) is 9.50. The Morgan fingerprint density at radius 3 is 2.41 bits per heavy atom. The predicted molar refractivity (Wildman–Crippen MR) is 112 cm³/mol. The number of rotatable bonds is 7. The van der Waals surface area contributed by atoms with Gasteiger partial charge in [0.05, 0.1) is 18.2 Å². The Labute approximate surface area is 169 Å². The number of anilines is 1. The van der Waals surface area contributed by atoms with Gasteiger partial charge in [0.25, 0.3) is 11.8 Å². The van der Waals surface area contributed by atoms with E-state index in [9.17, 15) is 9.59 Å². The van der Waals surface area contributed by atoms with Gasteiger partial charge >= 0.3 is 0 Å². The molecule has 0 saturated heterocycles. The molecule has 29 heavy (non-hydrogen) atoms. The third kappa shape index (κ3) is 5.19. The number of aryl methyl sites for hydroxylation is 1. The normalized spacial score (nSPS) is 10.3. The van der Waals surface area contributed by atoms with Gasteiger partial charge in [0.2, 0.25) is 0 Å². The van der Waals surface area contributed by atoms with E-state index in [2.05, 4.69) is 15.6 Å². The smallest absolute Gasteiger partial charge is 0.257 e. The van der Waals surface area contributed by atoms with E-state index in [4.69, 9.17) is 4.74 Å². The number of amides is 2. The van der Waals surface area contributed by atoms with E-state index in [-0.39, 0.29) is 11.8 Å². The molecule has 0 radical (unpaired) electrons. The molecule has 2 aromatic carbocycles. The van der Waals surface area contributed by atoms with Crippen LogP contribution in [-0.2, 0) is 6.42 Å². The van der Waals surface area contributed by atoms with Crippen molar-refractivity contribution >= 4 is 17.5 Å². The summed E-state index contributed by atoms with van der Waals surface area (Å²) in [4.78, 5) is 29.0. The summed E-state index contributed by atoms with van der Waals surface area (Å²) in [6.45, 7) is 2.36. The number of ether oxygens (including phenoxy) is 1. The predicted octanol–water partition coefficient (Wildman–Crippen LogP) is 3.62. The van der Waals surface area contributed by atoms with Crippen LogP contribution in [0, 0.1) is 6.92 Å². The van der Waals surface area contributed by atoms with Crippen molar-refractivity contribution in [3.8, 4) is 5.75 Å². The maximum atomic E-state index is 12.5. The molecule has 0 saturated carbocycles. The zero-order chi connectivity index (χ0) is 20.6. The van der Waals surface area contributed by atoms with Crippen LogP contribution in [0.15, 0.2) is 67.0 Å². The number of aromatic nitrogens is 1. The fourth-order valence-electron chi connectivity index (χ4n) is 2.92. The van der Waals surface area contributed by atoms with Gasteiger partial charge in [-0.05, 0) is 42.7 Å². The van der Waals surface area contributed by atoms with Gasteiger partial charge < -0.3 is 15.4 Å². The van der Waals surface area contributed by atoms with Crippen molar-refractivity contribution in [2.75, 3.05) is 19.0 Å². The minimum absolute atomic E-state index is 0.280. The Morgan fingerprint density at radius 2 is 1.66 bits per heavy atom. The summed E-state index contributed by atoms with van der Waals surface area (Å²) in [6, 6.07) is 16.7. The minimum atomic E-state index is -0.310. The van der Waals surface area contributed by atoms with Gasteiger partial charge in [0.15, 0.2) is 0 Å². The standard InChI is InChI=1S/C23H23N3O3/c1-16-7-3-5-9-20(16)26-23(28)19-13-18(14-24-15-19)22(27)25-12-11-17-8-4-6-10-21(17)29-2/h3-10,13-15H,11-12H2,1-2H3,(H,25,27)(H,26,28). The second-order valence-corrected chi connectivity index (χ2v) is 6.55. The molecule has 2 amide bonds. The van der Waals surface area contributed by atoms with Crippen LogP contribution in [0.2, 0.25) is 0 Å². The summed E-state index contributed by atoms with van der Waals surface area (Å²) in [5.41, 5.74) is 3.36. The lowest BCUT2D eigenvalue weighted by Gasteiger charge is -2.10. The van der Waals surface area contributed by atoms with Crippen LogP contribution in [0.25, 0.3) is 0 Å². The maximum Gasteiger partial charge on any atom is 0.257 e. The lowest BCUT2D eigenvalue weighted by atomic mass is 10.1. The molecule has 0 aliphatic heterocycles. The molecular formula is C23H23N3O3. The molecule has 1 aromatic heterocycles. The first-order chi connectivity index (χ1) is 14.1. The van der Waals surface area contributed by atoms with Crippen molar-refractivity contribution < 1.29 is 14.3 Å². The first-order valence-corrected chi connectivity index (χ1v) is 9.30. The fraction of sp³-hybridized carbons (Fsp3) is 0.174.